The molecule has 3 nitrogen and oxygen atoms in total. The first kappa shape index (κ1) is 17.2. The summed E-state index contributed by atoms with van der Waals surface area (Å²) in [5, 5.41) is 0. The van der Waals surface area contributed by atoms with Gasteiger partial charge in [-0.15, -0.1) is 0 Å². The summed E-state index contributed by atoms with van der Waals surface area (Å²) in [5.41, 5.74) is 1.37. The van der Waals surface area contributed by atoms with Crippen molar-refractivity contribution in [1.29, 1.82) is 0 Å². The third-order valence-corrected chi connectivity index (χ3v) is 6.50. The topological polar surface area (TPSA) is 37.4 Å². The summed E-state index contributed by atoms with van der Waals surface area (Å²) in [5.74, 6) is 1.62. The van der Waals surface area contributed by atoms with Gasteiger partial charge in [0.1, 0.15) is 5.78 Å². The van der Waals surface area contributed by atoms with Crippen LogP contribution < -0.4 is 0 Å². The van der Waals surface area contributed by atoms with Gasteiger partial charge in [0.25, 0.3) is 0 Å². The minimum Gasteiger partial charge on any atom is -0.343 e. The van der Waals surface area contributed by atoms with E-state index in [2.05, 4.69) is 44.2 Å². The minimum absolute atomic E-state index is 0.0240. The number of Topliss-reactive ketones (excluding diaryl/α,β-unsaturated/α-hetero) is 1. The molecule has 2 fully saturated rings. The van der Waals surface area contributed by atoms with Crippen molar-refractivity contribution >= 4 is 11.7 Å². The largest absolute Gasteiger partial charge is 0.343 e. The Morgan fingerprint density at radius 2 is 1.75 bits per heavy atom. The van der Waals surface area contributed by atoms with E-state index in [0.717, 1.165) is 32.4 Å². The number of piperidine rings is 1. The van der Waals surface area contributed by atoms with E-state index in [1.54, 1.807) is 6.92 Å². The first-order valence-electron chi connectivity index (χ1n) is 9.22. The molecular weight excluding hydrogens is 298 g/mol. The summed E-state index contributed by atoms with van der Waals surface area (Å²) >= 11 is 0. The van der Waals surface area contributed by atoms with Crippen molar-refractivity contribution < 1.29 is 9.59 Å². The molecule has 1 saturated carbocycles. The van der Waals surface area contributed by atoms with Gasteiger partial charge >= 0.3 is 0 Å². The lowest BCUT2D eigenvalue weighted by atomic mass is 9.52. The quantitative estimate of drug-likeness (QED) is 0.837. The van der Waals surface area contributed by atoms with E-state index in [-0.39, 0.29) is 23.0 Å². The lowest BCUT2D eigenvalue weighted by Crippen LogP contribution is -2.50. The van der Waals surface area contributed by atoms with Crippen molar-refractivity contribution in [2.75, 3.05) is 13.1 Å². The van der Waals surface area contributed by atoms with Crippen molar-refractivity contribution in [2.24, 2.45) is 17.3 Å². The van der Waals surface area contributed by atoms with Gasteiger partial charge in [0.05, 0.1) is 0 Å². The molecular formula is C21H29NO2. The highest BCUT2D eigenvalue weighted by Crippen LogP contribution is 2.53. The molecule has 3 heteroatoms. The number of amides is 1. The van der Waals surface area contributed by atoms with Crippen molar-refractivity contribution in [1.82, 2.24) is 4.90 Å². The summed E-state index contributed by atoms with van der Waals surface area (Å²) in [7, 11) is 0. The number of hydrogen-bond donors (Lipinski definition) is 0. The highest BCUT2D eigenvalue weighted by atomic mass is 16.2. The van der Waals surface area contributed by atoms with Crippen LogP contribution in [0, 0.1) is 17.3 Å². The molecule has 24 heavy (non-hydrogen) atoms. The molecule has 2 atom stereocenters. The molecule has 1 aliphatic heterocycles. The molecule has 2 aliphatic rings. The van der Waals surface area contributed by atoms with Crippen LogP contribution >= 0.6 is 0 Å². The molecule has 1 aromatic carbocycles. The predicted octanol–water partition coefficient (Wildman–Crippen LogP) is 4.03. The molecule has 0 radical (unpaired) electrons. The maximum absolute atomic E-state index is 12.6. The fourth-order valence-electron chi connectivity index (χ4n) is 4.58. The number of nitrogens with zero attached hydrogens (tertiary/aromatic N) is 1. The maximum Gasteiger partial charge on any atom is 0.222 e. The van der Waals surface area contributed by atoms with E-state index >= 15 is 0 Å². The number of hydrogen-bond acceptors (Lipinski definition) is 2. The lowest BCUT2D eigenvalue weighted by Gasteiger charge is -2.51. The maximum atomic E-state index is 12.6. The van der Waals surface area contributed by atoms with Gasteiger partial charge in [-0.25, -0.2) is 0 Å². The van der Waals surface area contributed by atoms with Gasteiger partial charge in [-0.2, -0.15) is 0 Å². The van der Waals surface area contributed by atoms with Crippen LogP contribution in [0.25, 0.3) is 0 Å². The van der Waals surface area contributed by atoms with Gasteiger partial charge in [0.2, 0.25) is 5.91 Å². The van der Waals surface area contributed by atoms with Crippen molar-refractivity contribution in [3.63, 3.8) is 0 Å². The van der Waals surface area contributed by atoms with Crippen LogP contribution in [-0.4, -0.2) is 29.7 Å². The zero-order valence-electron chi connectivity index (χ0n) is 15.1. The van der Waals surface area contributed by atoms with E-state index in [1.165, 1.54) is 5.56 Å². The Hall–Kier alpha value is -1.64. The van der Waals surface area contributed by atoms with Crippen LogP contribution in [0.15, 0.2) is 30.3 Å². The molecule has 1 heterocycles. The number of carbonyl (C=O) groups is 2. The highest BCUT2D eigenvalue weighted by Gasteiger charge is 2.50. The van der Waals surface area contributed by atoms with Crippen LogP contribution in [0.2, 0.25) is 0 Å². The van der Waals surface area contributed by atoms with E-state index in [9.17, 15) is 9.59 Å². The first-order chi connectivity index (χ1) is 11.4. The third kappa shape index (κ3) is 3.26. The molecule has 3 rings (SSSR count). The summed E-state index contributed by atoms with van der Waals surface area (Å²) in [4.78, 5) is 26.3. The first-order valence-corrected chi connectivity index (χ1v) is 9.22. The minimum atomic E-state index is -0.0240. The molecule has 130 valence electrons. The molecule has 0 N–H and O–H groups in total. The lowest BCUT2D eigenvalue weighted by molar-refractivity contribution is -0.145. The number of likely N-dealkylation sites (tertiary alicyclic amines) is 1. The predicted molar refractivity (Wildman–Crippen MR) is 95.7 cm³/mol. The van der Waals surface area contributed by atoms with Gasteiger partial charge in [-0.3, -0.25) is 9.59 Å². The summed E-state index contributed by atoms with van der Waals surface area (Å²) in [6, 6.07) is 10.6. The Morgan fingerprint density at radius 1 is 1.12 bits per heavy atom. The van der Waals surface area contributed by atoms with Gasteiger partial charge < -0.3 is 4.90 Å². The van der Waals surface area contributed by atoms with Gasteiger partial charge in [0.15, 0.2) is 0 Å². The smallest absolute Gasteiger partial charge is 0.222 e. The Kier molecular flexibility index (Phi) is 4.80. The average Bonchev–Trinajstić information content (AvgIpc) is 2.58. The van der Waals surface area contributed by atoms with Crippen LogP contribution in [0.3, 0.4) is 0 Å². The fourth-order valence-corrected chi connectivity index (χ4v) is 4.58. The van der Waals surface area contributed by atoms with E-state index < -0.39 is 0 Å². The molecule has 0 bridgehead atoms. The second-order valence-electron chi connectivity index (χ2n) is 8.19. The number of benzene rings is 1. The molecule has 1 aromatic rings. The van der Waals surface area contributed by atoms with Crippen LogP contribution in [0.5, 0.6) is 0 Å². The van der Waals surface area contributed by atoms with Crippen LogP contribution in [-0.2, 0) is 9.59 Å². The number of carbonyl (C=O) groups excluding carboxylic acids is 2. The zero-order valence-corrected chi connectivity index (χ0v) is 15.1. The van der Waals surface area contributed by atoms with Gasteiger partial charge in [-0.05, 0) is 49.0 Å². The molecule has 1 saturated heterocycles. The van der Waals surface area contributed by atoms with E-state index in [1.807, 2.05) is 4.90 Å². The standard InChI is InChI=1S/C21H29NO2/c1-15(23)19-13-18(21(19,2)3)14-20(24)22-11-9-17(10-12-22)16-7-5-4-6-8-16/h4-8,17-19H,9-14H2,1-3H3/t18-,19+/m1/s1. The van der Waals surface area contributed by atoms with Crippen molar-refractivity contribution in [2.45, 2.75) is 52.4 Å². The van der Waals surface area contributed by atoms with E-state index in [4.69, 9.17) is 0 Å². The third-order valence-electron chi connectivity index (χ3n) is 6.50. The Morgan fingerprint density at radius 3 is 2.29 bits per heavy atom. The Bertz CT molecular complexity index is 600. The SMILES string of the molecule is CC(=O)[C@@H]1C[C@H](CC(=O)N2CCC(c3ccccc3)CC2)C1(C)C. The molecule has 0 aromatic heterocycles. The Labute approximate surface area is 145 Å². The summed E-state index contributed by atoms with van der Waals surface area (Å²) < 4.78 is 0. The second-order valence-corrected chi connectivity index (χ2v) is 8.19. The zero-order chi connectivity index (χ0) is 17.3. The van der Waals surface area contributed by atoms with Crippen molar-refractivity contribution in [3.05, 3.63) is 35.9 Å². The monoisotopic (exact) mass is 327 g/mol. The van der Waals surface area contributed by atoms with Crippen LogP contribution in [0.1, 0.15) is 57.9 Å². The van der Waals surface area contributed by atoms with Gasteiger partial charge in [-0.1, -0.05) is 44.2 Å². The molecule has 1 aliphatic carbocycles. The Balaban J connectivity index is 1.51. The van der Waals surface area contributed by atoms with Gasteiger partial charge in [0, 0.05) is 25.4 Å². The highest BCUT2D eigenvalue weighted by molar-refractivity contribution is 5.81. The van der Waals surface area contributed by atoms with Crippen LogP contribution in [0.4, 0.5) is 0 Å². The number of rotatable bonds is 4. The average molecular weight is 327 g/mol. The summed E-state index contributed by atoms with van der Waals surface area (Å²) in [6.07, 6.45) is 3.60. The normalized spacial score (nSPS) is 26.7. The molecule has 0 spiro atoms. The molecule has 1 amide bonds. The second kappa shape index (κ2) is 6.70. The van der Waals surface area contributed by atoms with E-state index in [0.29, 0.717) is 18.3 Å². The summed E-state index contributed by atoms with van der Waals surface area (Å²) in [6.45, 7) is 7.69. The van der Waals surface area contributed by atoms with Crippen molar-refractivity contribution in [3.8, 4) is 0 Å². The fraction of sp³-hybridized carbons (Fsp3) is 0.619. The number of ketones is 1. The molecule has 0 unspecified atom stereocenters.